The number of pyridine rings is 2. The Hall–Kier alpha value is -3.46. The van der Waals surface area contributed by atoms with Crippen molar-refractivity contribution >= 4 is 11.6 Å². The zero-order valence-corrected chi connectivity index (χ0v) is 17.0. The fourth-order valence-electron chi connectivity index (χ4n) is 4.08. The van der Waals surface area contributed by atoms with Gasteiger partial charge in [-0.2, -0.15) is 0 Å². The third kappa shape index (κ3) is 3.58. The van der Waals surface area contributed by atoms with Gasteiger partial charge in [-0.05, 0) is 24.3 Å². The predicted molar refractivity (Wildman–Crippen MR) is 111 cm³/mol. The number of carbonyl (C=O) groups is 1. The van der Waals surface area contributed by atoms with E-state index >= 15 is 4.39 Å². The number of nitrogens with zero attached hydrogens (tertiary/aromatic N) is 3. The maximum absolute atomic E-state index is 15.6. The number of fused-ring (bicyclic) bond motifs is 1. The predicted octanol–water partition coefficient (Wildman–Crippen LogP) is 3.23. The summed E-state index contributed by atoms with van der Waals surface area (Å²) in [5.74, 6) is -3.24. The van der Waals surface area contributed by atoms with Gasteiger partial charge in [-0.1, -0.05) is 6.07 Å². The number of amides is 1. The molecule has 1 saturated heterocycles. The minimum absolute atomic E-state index is 0.0173. The molecule has 5 rings (SSSR count). The topological polar surface area (TPSA) is 67.4 Å². The van der Waals surface area contributed by atoms with E-state index in [4.69, 9.17) is 4.74 Å². The molecule has 2 aliphatic rings. The van der Waals surface area contributed by atoms with Gasteiger partial charge in [0.1, 0.15) is 17.3 Å². The average molecular weight is 440 g/mol. The van der Waals surface area contributed by atoms with Gasteiger partial charge in [0.25, 0.3) is 5.91 Å². The molecule has 0 radical (unpaired) electrons. The monoisotopic (exact) mass is 440 g/mol. The highest BCUT2D eigenvalue weighted by Crippen LogP contribution is 2.33. The fourth-order valence-corrected chi connectivity index (χ4v) is 4.08. The molecule has 1 N–H and O–H groups in total. The molecule has 1 amide bonds. The highest BCUT2D eigenvalue weighted by molar-refractivity contribution is 5.99. The third-order valence-electron chi connectivity index (χ3n) is 5.70. The Balaban J connectivity index is 1.55. The van der Waals surface area contributed by atoms with Gasteiger partial charge in [-0.25, -0.2) is 18.2 Å². The van der Waals surface area contributed by atoms with Gasteiger partial charge in [0, 0.05) is 30.8 Å². The molecular formula is C23H19F3N4O2. The summed E-state index contributed by atoms with van der Waals surface area (Å²) in [6.07, 6.45) is 1.67. The number of hydrogen-bond donors (Lipinski definition) is 1. The molecule has 2 aliphatic heterocycles. The maximum atomic E-state index is 15.6. The summed E-state index contributed by atoms with van der Waals surface area (Å²) in [5.41, 5.74) is 0.823. The van der Waals surface area contributed by atoms with Crippen molar-refractivity contribution in [2.75, 3.05) is 31.2 Å². The van der Waals surface area contributed by atoms with Crippen molar-refractivity contribution in [3.63, 3.8) is 0 Å². The Kier molecular flexibility index (Phi) is 5.26. The lowest BCUT2D eigenvalue weighted by Crippen LogP contribution is -2.36. The van der Waals surface area contributed by atoms with Crippen molar-refractivity contribution in [1.29, 1.82) is 0 Å². The molecule has 0 bridgehead atoms. The molecule has 1 fully saturated rings. The highest BCUT2D eigenvalue weighted by Gasteiger charge is 2.31. The summed E-state index contributed by atoms with van der Waals surface area (Å²) < 4.78 is 49.7. The number of rotatable bonds is 4. The van der Waals surface area contributed by atoms with Crippen LogP contribution >= 0.6 is 0 Å². The van der Waals surface area contributed by atoms with E-state index in [9.17, 15) is 13.6 Å². The third-order valence-corrected chi connectivity index (χ3v) is 5.70. The average Bonchev–Trinajstić information content (AvgIpc) is 3.17. The van der Waals surface area contributed by atoms with Gasteiger partial charge in [0.15, 0.2) is 5.82 Å². The number of ether oxygens (including phenoxy) is 1. The van der Waals surface area contributed by atoms with E-state index in [1.54, 1.807) is 12.3 Å². The van der Waals surface area contributed by atoms with Crippen molar-refractivity contribution in [3.05, 3.63) is 76.5 Å². The molecule has 9 heteroatoms. The quantitative estimate of drug-likeness (QED) is 0.675. The molecular weight excluding hydrogens is 421 g/mol. The lowest BCUT2D eigenvalue weighted by Gasteiger charge is -2.28. The van der Waals surface area contributed by atoms with Crippen LogP contribution in [0.25, 0.3) is 11.3 Å². The second-order valence-corrected chi connectivity index (χ2v) is 7.64. The summed E-state index contributed by atoms with van der Waals surface area (Å²) in [5, 5.41) is 2.60. The van der Waals surface area contributed by atoms with Gasteiger partial charge < -0.3 is 15.0 Å². The minimum atomic E-state index is -0.927. The molecule has 164 valence electrons. The van der Waals surface area contributed by atoms with Crippen LogP contribution in [-0.4, -0.2) is 42.2 Å². The first-order valence-electron chi connectivity index (χ1n) is 10.2. The number of nitrogens with one attached hydrogen (secondary N) is 1. The summed E-state index contributed by atoms with van der Waals surface area (Å²) in [7, 11) is 0. The normalized spacial score (nSPS) is 15.6. The van der Waals surface area contributed by atoms with Crippen LogP contribution < -0.4 is 10.2 Å². The standard InChI is InChI=1S/C23H19F3N4O2/c24-16-2-1-3-17(25)20(16)22-21(26)15(19-18(29-22)12-28-23(19)31)10-13-4-5-14(11-27-13)30-6-8-32-9-7-30/h1-5,11H,6-10,12H2,(H,28,31). The van der Waals surface area contributed by atoms with E-state index in [1.165, 1.54) is 6.07 Å². The zero-order valence-electron chi connectivity index (χ0n) is 17.0. The molecule has 0 spiro atoms. The second-order valence-electron chi connectivity index (χ2n) is 7.64. The lowest BCUT2D eigenvalue weighted by atomic mass is 9.97. The van der Waals surface area contributed by atoms with E-state index in [1.807, 2.05) is 6.07 Å². The first-order valence-corrected chi connectivity index (χ1v) is 10.2. The number of carbonyl (C=O) groups excluding carboxylic acids is 1. The second kappa shape index (κ2) is 8.23. The van der Waals surface area contributed by atoms with Crippen LogP contribution in [0.5, 0.6) is 0 Å². The molecule has 0 aliphatic carbocycles. The van der Waals surface area contributed by atoms with Crippen LogP contribution in [0.2, 0.25) is 0 Å². The molecule has 0 saturated carbocycles. The number of aromatic nitrogens is 2. The lowest BCUT2D eigenvalue weighted by molar-refractivity contribution is 0.0964. The van der Waals surface area contributed by atoms with Crippen molar-refractivity contribution in [2.45, 2.75) is 13.0 Å². The van der Waals surface area contributed by atoms with Gasteiger partial charge in [-0.15, -0.1) is 0 Å². The van der Waals surface area contributed by atoms with E-state index in [0.29, 0.717) is 18.9 Å². The van der Waals surface area contributed by atoms with E-state index in [2.05, 4.69) is 20.2 Å². The SMILES string of the molecule is O=C1NCc2nc(-c3c(F)cccc3F)c(F)c(Cc3ccc(N4CCOCC4)cn3)c21. The number of halogens is 3. The molecule has 3 aromatic rings. The molecule has 4 heterocycles. The van der Waals surface area contributed by atoms with E-state index in [0.717, 1.165) is 30.9 Å². The van der Waals surface area contributed by atoms with Gasteiger partial charge in [0.2, 0.25) is 0 Å². The zero-order chi connectivity index (χ0) is 22.2. The molecule has 32 heavy (non-hydrogen) atoms. The van der Waals surface area contributed by atoms with E-state index in [-0.39, 0.29) is 29.8 Å². The molecule has 0 atom stereocenters. The fraction of sp³-hybridized carbons (Fsp3) is 0.261. The number of benzene rings is 1. The smallest absolute Gasteiger partial charge is 0.253 e. The van der Waals surface area contributed by atoms with Crippen LogP contribution in [0.15, 0.2) is 36.5 Å². The number of anilines is 1. The summed E-state index contributed by atoms with van der Waals surface area (Å²) in [6.45, 7) is 2.85. The number of hydrogen-bond acceptors (Lipinski definition) is 5. The van der Waals surface area contributed by atoms with Crippen LogP contribution in [0.3, 0.4) is 0 Å². The van der Waals surface area contributed by atoms with Crippen LogP contribution in [0.4, 0.5) is 18.9 Å². The first-order chi connectivity index (χ1) is 15.5. The Labute approximate surface area is 182 Å². The maximum Gasteiger partial charge on any atom is 0.253 e. The molecule has 0 unspecified atom stereocenters. The van der Waals surface area contributed by atoms with Crippen molar-refractivity contribution in [3.8, 4) is 11.3 Å². The molecule has 6 nitrogen and oxygen atoms in total. The largest absolute Gasteiger partial charge is 0.378 e. The van der Waals surface area contributed by atoms with Crippen molar-refractivity contribution in [1.82, 2.24) is 15.3 Å². The molecule has 2 aromatic heterocycles. The first kappa shape index (κ1) is 20.4. The van der Waals surface area contributed by atoms with Gasteiger partial charge in [0.05, 0.1) is 48.5 Å². The van der Waals surface area contributed by atoms with Gasteiger partial charge in [-0.3, -0.25) is 9.78 Å². The number of morpholine rings is 1. The Morgan fingerprint density at radius 1 is 1.03 bits per heavy atom. The van der Waals surface area contributed by atoms with Gasteiger partial charge >= 0.3 is 0 Å². The van der Waals surface area contributed by atoms with Crippen molar-refractivity contribution < 1.29 is 22.7 Å². The van der Waals surface area contributed by atoms with E-state index < -0.39 is 34.6 Å². The highest BCUT2D eigenvalue weighted by atomic mass is 19.1. The summed E-state index contributed by atoms with van der Waals surface area (Å²) in [6, 6.07) is 6.92. The van der Waals surface area contributed by atoms with Crippen molar-refractivity contribution in [2.24, 2.45) is 0 Å². The van der Waals surface area contributed by atoms with Crippen LogP contribution in [0.1, 0.15) is 27.3 Å². The summed E-state index contributed by atoms with van der Waals surface area (Å²) in [4.78, 5) is 23.0. The van der Waals surface area contributed by atoms with Crippen LogP contribution in [0, 0.1) is 17.5 Å². The Morgan fingerprint density at radius 2 is 1.78 bits per heavy atom. The Bertz CT molecular complexity index is 1170. The minimum Gasteiger partial charge on any atom is -0.378 e. The molecule has 1 aromatic carbocycles. The summed E-state index contributed by atoms with van der Waals surface area (Å²) >= 11 is 0. The van der Waals surface area contributed by atoms with Crippen LogP contribution in [-0.2, 0) is 17.7 Å². The Morgan fingerprint density at radius 3 is 2.47 bits per heavy atom.